The van der Waals surface area contributed by atoms with Gasteiger partial charge in [0.1, 0.15) is 5.82 Å². The Morgan fingerprint density at radius 1 is 1.39 bits per heavy atom. The fourth-order valence-corrected chi connectivity index (χ4v) is 2.32. The number of amides is 1. The summed E-state index contributed by atoms with van der Waals surface area (Å²) in [6, 6.07) is 4.03. The Hall–Kier alpha value is -0.840. The van der Waals surface area contributed by atoms with Gasteiger partial charge in [-0.2, -0.15) is 0 Å². The van der Waals surface area contributed by atoms with Crippen LogP contribution in [0.5, 0.6) is 0 Å². The summed E-state index contributed by atoms with van der Waals surface area (Å²) in [4.78, 5) is 11.8. The summed E-state index contributed by atoms with van der Waals surface area (Å²) < 4.78 is 13.1. The molecule has 1 aromatic rings. The lowest BCUT2D eigenvalue weighted by Crippen LogP contribution is -2.34. The van der Waals surface area contributed by atoms with Crippen LogP contribution in [0, 0.1) is 5.82 Å². The number of hydrogen-bond donors (Lipinski definition) is 2. The largest absolute Gasteiger partial charge is 0.349 e. The second-order valence-corrected chi connectivity index (χ2v) is 4.84. The molecule has 2 atom stereocenters. The number of benzene rings is 1. The van der Waals surface area contributed by atoms with Crippen molar-refractivity contribution in [3.8, 4) is 0 Å². The summed E-state index contributed by atoms with van der Waals surface area (Å²) in [5, 5.41) is 3.06. The second kappa shape index (κ2) is 6.36. The third-order valence-corrected chi connectivity index (χ3v) is 3.15. The molecule has 0 saturated heterocycles. The van der Waals surface area contributed by atoms with Crippen molar-refractivity contribution in [3.63, 3.8) is 0 Å². The lowest BCUT2D eigenvalue weighted by molar-refractivity contribution is 0.0937. The summed E-state index contributed by atoms with van der Waals surface area (Å²) in [5.74, 6) is -0.809. The molecular weight excluding hydrogens is 278 g/mol. The molecule has 6 heteroatoms. The minimum absolute atomic E-state index is 0. The minimum atomic E-state index is -0.509. The maximum Gasteiger partial charge on any atom is 0.251 e. The van der Waals surface area contributed by atoms with Crippen LogP contribution < -0.4 is 11.1 Å². The van der Waals surface area contributed by atoms with Gasteiger partial charge >= 0.3 is 0 Å². The van der Waals surface area contributed by atoms with Crippen molar-refractivity contribution in [2.24, 2.45) is 5.73 Å². The average molecular weight is 293 g/mol. The van der Waals surface area contributed by atoms with Crippen molar-refractivity contribution < 1.29 is 9.18 Å². The van der Waals surface area contributed by atoms with Crippen LogP contribution in [0.15, 0.2) is 18.2 Å². The van der Waals surface area contributed by atoms with Gasteiger partial charge in [0.05, 0.1) is 0 Å². The Morgan fingerprint density at radius 3 is 2.67 bits per heavy atom. The highest BCUT2D eigenvalue weighted by atomic mass is 35.5. The molecule has 0 bridgehead atoms. The number of nitrogens with two attached hydrogens (primary N) is 1. The zero-order valence-electron chi connectivity index (χ0n) is 9.66. The first kappa shape index (κ1) is 15.2. The number of rotatable bonds is 2. The first-order valence-electron chi connectivity index (χ1n) is 5.57. The van der Waals surface area contributed by atoms with E-state index in [0.717, 1.165) is 19.3 Å². The van der Waals surface area contributed by atoms with Gasteiger partial charge in [-0.05, 0) is 37.5 Å². The SMILES string of the molecule is Cl.N[C@H]1CC[C@H](NC(=O)c2cc(F)cc(Cl)c2)C1. The summed E-state index contributed by atoms with van der Waals surface area (Å²) >= 11 is 5.69. The summed E-state index contributed by atoms with van der Waals surface area (Å²) in [6.45, 7) is 0. The highest BCUT2D eigenvalue weighted by molar-refractivity contribution is 6.31. The van der Waals surface area contributed by atoms with E-state index in [4.69, 9.17) is 17.3 Å². The Kier molecular flexibility index (Phi) is 5.38. The first-order valence-corrected chi connectivity index (χ1v) is 5.95. The normalized spacial score (nSPS) is 22.4. The van der Waals surface area contributed by atoms with Crippen LogP contribution in [0.2, 0.25) is 5.02 Å². The summed E-state index contributed by atoms with van der Waals surface area (Å²) in [5.41, 5.74) is 6.00. The van der Waals surface area contributed by atoms with Crippen molar-refractivity contribution in [2.75, 3.05) is 0 Å². The molecule has 0 aromatic heterocycles. The van der Waals surface area contributed by atoms with E-state index in [1.807, 2.05) is 0 Å². The smallest absolute Gasteiger partial charge is 0.251 e. The average Bonchev–Trinajstić information content (AvgIpc) is 2.62. The van der Waals surface area contributed by atoms with Crippen molar-refractivity contribution in [1.82, 2.24) is 5.32 Å². The van der Waals surface area contributed by atoms with E-state index < -0.39 is 5.82 Å². The number of hydrogen-bond acceptors (Lipinski definition) is 2. The van der Waals surface area contributed by atoms with E-state index >= 15 is 0 Å². The van der Waals surface area contributed by atoms with Crippen LogP contribution in [0.4, 0.5) is 4.39 Å². The molecule has 1 aliphatic rings. The standard InChI is InChI=1S/C12H14ClFN2O.ClH/c13-8-3-7(4-9(14)5-8)12(17)16-11-2-1-10(15)6-11;/h3-5,10-11H,1-2,6,15H2,(H,16,17);1H/t10-,11-;/m0./s1. The lowest BCUT2D eigenvalue weighted by Gasteiger charge is -2.12. The Balaban J connectivity index is 0.00000162. The molecule has 18 heavy (non-hydrogen) atoms. The zero-order valence-corrected chi connectivity index (χ0v) is 11.2. The fraction of sp³-hybridized carbons (Fsp3) is 0.417. The third-order valence-electron chi connectivity index (χ3n) is 2.93. The Morgan fingerprint density at radius 2 is 2.11 bits per heavy atom. The quantitative estimate of drug-likeness (QED) is 0.880. The molecule has 1 saturated carbocycles. The van der Waals surface area contributed by atoms with Crippen molar-refractivity contribution >= 4 is 29.9 Å². The number of carbonyl (C=O) groups excluding carboxylic acids is 1. The van der Waals surface area contributed by atoms with E-state index in [0.29, 0.717) is 0 Å². The molecule has 3 N–H and O–H groups in total. The molecule has 1 fully saturated rings. The van der Waals surface area contributed by atoms with E-state index in [-0.39, 0.29) is 41.0 Å². The summed E-state index contributed by atoms with van der Waals surface area (Å²) in [7, 11) is 0. The monoisotopic (exact) mass is 292 g/mol. The molecule has 100 valence electrons. The highest BCUT2D eigenvalue weighted by Gasteiger charge is 2.23. The van der Waals surface area contributed by atoms with Crippen LogP contribution in [0.25, 0.3) is 0 Å². The fourth-order valence-electron chi connectivity index (χ4n) is 2.10. The van der Waals surface area contributed by atoms with Gasteiger partial charge in [0.15, 0.2) is 0 Å². The van der Waals surface area contributed by atoms with Gasteiger partial charge in [0, 0.05) is 22.7 Å². The molecule has 1 aliphatic carbocycles. The van der Waals surface area contributed by atoms with Gasteiger partial charge < -0.3 is 11.1 Å². The minimum Gasteiger partial charge on any atom is -0.349 e. The molecule has 3 nitrogen and oxygen atoms in total. The van der Waals surface area contributed by atoms with E-state index in [1.165, 1.54) is 18.2 Å². The molecule has 1 amide bonds. The maximum atomic E-state index is 13.1. The zero-order chi connectivity index (χ0) is 12.4. The second-order valence-electron chi connectivity index (χ2n) is 4.40. The van der Waals surface area contributed by atoms with Gasteiger partial charge in [-0.3, -0.25) is 4.79 Å². The molecule has 0 aliphatic heterocycles. The topological polar surface area (TPSA) is 55.1 Å². The summed E-state index contributed by atoms with van der Waals surface area (Å²) in [6.07, 6.45) is 2.56. The molecule has 0 spiro atoms. The van der Waals surface area contributed by atoms with E-state index in [2.05, 4.69) is 5.32 Å². The number of nitrogens with one attached hydrogen (secondary N) is 1. The van der Waals surface area contributed by atoms with Crippen LogP contribution >= 0.6 is 24.0 Å². The van der Waals surface area contributed by atoms with Crippen LogP contribution in [0.1, 0.15) is 29.6 Å². The number of halogens is 3. The van der Waals surface area contributed by atoms with E-state index in [9.17, 15) is 9.18 Å². The Labute approximate surface area is 116 Å². The van der Waals surface area contributed by atoms with Crippen molar-refractivity contribution in [1.29, 1.82) is 0 Å². The van der Waals surface area contributed by atoms with E-state index in [1.54, 1.807) is 0 Å². The molecule has 1 aromatic carbocycles. The maximum absolute atomic E-state index is 13.1. The van der Waals surface area contributed by atoms with Crippen LogP contribution in [-0.4, -0.2) is 18.0 Å². The van der Waals surface area contributed by atoms with Crippen LogP contribution in [0.3, 0.4) is 0 Å². The van der Waals surface area contributed by atoms with Gasteiger partial charge in [0.2, 0.25) is 0 Å². The first-order chi connectivity index (χ1) is 8.04. The molecule has 0 radical (unpaired) electrons. The Bertz CT molecular complexity index is 422. The van der Waals surface area contributed by atoms with Gasteiger partial charge in [0.25, 0.3) is 5.91 Å². The predicted molar refractivity (Wildman–Crippen MR) is 71.7 cm³/mol. The van der Waals surface area contributed by atoms with Gasteiger partial charge in [-0.15, -0.1) is 12.4 Å². The highest BCUT2D eigenvalue weighted by Crippen LogP contribution is 2.19. The van der Waals surface area contributed by atoms with Crippen molar-refractivity contribution in [3.05, 3.63) is 34.6 Å². The molecule has 2 rings (SSSR count). The van der Waals surface area contributed by atoms with Crippen LogP contribution in [-0.2, 0) is 0 Å². The van der Waals surface area contributed by atoms with Crippen molar-refractivity contribution in [2.45, 2.75) is 31.3 Å². The number of carbonyl (C=O) groups is 1. The molecule has 0 unspecified atom stereocenters. The predicted octanol–water partition coefficient (Wildman–Crippen LogP) is 2.51. The lowest BCUT2D eigenvalue weighted by atomic mass is 10.1. The van der Waals surface area contributed by atoms with Gasteiger partial charge in [-0.1, -0.05) is 11.6 Å². The molecular formula is C12H15Cl2FN2O. The van der Waals surface area contributed by atoms with Gasteiger partial charge in [-0.25, -0.2) is 4.39 Å². The third kappa shape index (κ3) is 3.83. The molecule has 0 heterocycles.